The van der Waals surface area contributed by atoms with Crippen LogP contribution in [0.3, 0.4) is 0 Å². The molecular weight excluding hydrogens is 841 g/mol. The zero-order chi connectivity index (χ0) is 45.4. The molecule has 0 aliphatic heterocycles. The third kappa shape index (κ3) is 6.16. The van der Waals surface area contributed by atoms with Gasteiger partial charge in [0.1, 0.15) is 0 Å². The number of aromatic nitrogens is 6. The summed E-state index contributed by atoms with van der Waals surface area (Å²) in [4.78, 5) is 15.5. The molecule has 0 radical (unpaired) electrons. The number of fused-ring (bicyclic) bond motifs is 9. The van der Waals surface area contributed by atoms with Gasteiger partial charge in [-0.15, -0.1) is 0 Å². The minimum atomic E-state index is 0.570. The van der Waals surface area contributed by atoms with Crippen LogP contribution < -0.4 is 0 Å². The average molecular weight is 881 g/mol. The number of nitrogens with zero attached hydrogens (tertiary/aromatic N) is 6. The van der Waals surface area contributed by atoms with Crippen molar-refractivity contribution in [3.8, 4) is 62.4 Å². The highest BCUT2D eigenvalue weighted by Gasteiger charge is 2.23. The summed E-state index contributed by atoms with van der Waals surface area (Å²) in [6.07, 6.45) is 0. The third-order valence-electron chi connectivity index (χ3n) is 13.7. The highest BCUT2D eigenvalue weighted by Crippen LogP contribution is 2.45. The highest BCUT2D eigenvalue weighted by molar-refractivity contribution is 6.22. The molecule has 6 heteroatoms. The van der Waals surface area contributed by atoms with Gasteiger partial charge < -0.3 is 9.13 Å². The van der Waals surface area contributed by atoms with Gasteiger partial charge in [0.2, 0.25) is 5.95 Å². The molecule has 6 nitrogen and oxygen atoms in total. The summed E-state index contributed by atoms with van der Waals surface area (Å²) in [5.74, 6) is 1.82. The lowest BCUT2D eigenvalue weighted by Gasteiger charge is -2.12. The molecule has 322 valence electrons. The standard InChI is InChI=1S/C63H40N6/c1-5-19-41(20-6-1)44-35-37-55-51(39-44)52-40-46(36-38-56(52)67(55)45-25-11-4-12-26-45)68-53-31-15-13-27-49(53)59-47(29-17-33-57(59)68)48-30-18-34-58-60(48)50-28-14-16-32-54(50)69(58)63-65-61(42-21-7-2-8-22-42)64-62(66-63)43-23-9-3-10-24-43/h1-40H. The maximum atomic E-state index is 5.22. The Labute approximate surface area is 397 Å². The van der Waals surface area contributed by atoms with E-state index in [0.29, 0.717) is 17.6 Å². The Morgan fingerprint density at radius 1 is 0.246 bits per heavy atom. The van der Waals surface area contributed by atoms with E-state index in [1.54, 1.807) is 0 Å². The van der Waals surface area contributed by atoms with Crippen LogP contribution in [0.25, 0.3) is 128 Å². The molecule has 14 aromatic rings. The Balaban J connectivity index is 1.00. The van der Waals surface area contributed by atoms with E-state index in [0.717, 1.165) is 66.5 Å². The van der Waals surface area contributed by atoms with Gasteiger partial charge in [0.25, 0.3) is 0 Å². The van der Waals surface area contributed by atoms with Gasteiger partial charge >= 0.3 is 0 Å². The van der Waals surface area contributed by atoms with E-state index in [9.17, 15) is 0 Å². The topological polar surface area (TPSA) is 53.5 Å². The van der Waals surface area contributed by atoms with Crippen LogP contribution in [0.2, 0.25) is 0 Å². The lowest BCUT2D eigenvalue weighted by Crippen LogP contribution is -2.06. The Hall–Kier alpha value is -9.39. The van der Waals surface area contributed by atoms with Crippen molar-refractivity contribution in [2.24, 2.45) is 0 Å². The minimum absolute atomic E-state index is 0.570. The van der Waals surface area contributed by atoms with Crippen molar-refractivity contribution in [2.45, 2.75) is 0 Å². The Bertz CT molecular complexity index is 4230. The first kappa shape index (κ1) is 38.8. The molecule has 0 spiro atoms. The molecule has 10 aromatic carbocycles. The van der Waals surface area contributed by atoms with Crippen molar-refractivity contribution < 1.29 is 0 Å². The van der Waals surface area contributed by atoms with Crippen molar-refractivity contribution >= 4 is 65.4 Å². The minimum Gasteiger partial charge on any atom is -0.309 e. The second-order valence-electron chi connectivity index (χ2n) is 17.6. The van der Waals surface area contributed by atoms with E-state index >= 15 is 0 Å². The smallest absolute Gasteiger partial charge is 0.238 e. The number of benzene rings is 10. The summed E-state index contributed by atoms with van der Waals surface area (Å²) < 4.78 is 7.06. The molecule has 0 aliphatic carbocycles. The lowest BCUT2D eigenvalue weighted by molar-refractivity contribution is 0.953. The summed E-state index contributed by atoms with van der Waals surface area (Å²) in [6, 6.07) is 86.4. The largest absolute Gasteiger partial charge is 0.309 e. The zero-order valence-electron chi connectivity index (χ0n) is 37.3. The van der Waals surface area contributed by atoms with Crippen molar-refractivity contribution in [3.63, 3.8) is 0 Å². The maximum absolute atomic E-state index is 5.22. The molecular formula is C63H40N6. The molecule has 0 atom stereocenters. The molecule has 0 N–H and O–H groups in total. The molecule has 14 rings (SSSR count). The lowest BCUT2D eigenvalue weighted by atomic mass is 9.95. The Morgan fingerprint density at radius 2 is 0.681 bits per heavy atom. The van der Waals surface area contributed by atoms with E-state index in [4.69, 9.17) is 15.0 Å². The summed E-state index contributed by atoms with van der Waals surface area (Å²) >= 11 is 0. The molecule has 69 heavy (non-hydrogen) atoms. The molecule has 0 amide bonds. The fraction of sp³-hybridized carbons (Fsp3) is 0. The van der Waals surface area contributed by atoms with Gasteiger partial charge in [0.05, 0.1) is 33.1 Å². The number of rotatable bonds is 7. The van der Waals surface area contributed by atoms with Gasteiger partial charge in [0, 0.05) is 54.8 Å². The summed E-state index contributed by atoms with van der Waals surface area (Å²) in [5.41, 5.74) is 15.5. The fourth-order valence-electron chi connectivity index (χ4n) is 10.7. The normalized spacial score (nSPS) is 11.8. The molecule has 0 unspecified atom stereocenters. The molecule has 4 heterocycles. The SMILES string of the molecule is c1ccc(-c2ccc3c(c2)c2cc(-n4c5ccccc5c5c(-c6cccc7c6c6ccccc6n7-c6nc(-c7ccccc7)nc(-c7ccccc7)n6)cccc54)ccc2n3-c2ccccc2)cc1. The first-order valence-electron chi connectivity index (χ1n) is 23.4. The predicted molar refractivity (Wildman–Crippen MR) is 285 cm³/mol. The quantitative estimate of drug-likeness (QED) is 0.160. The van der Waals surface area contributed by atoms with Gasteiger partial charge in [-0.3, -0.25) is 4.57 Å². The summed E-state index contributed by atoms with van der Waals surface area (Å²) in [5, 5.41) is 7.08. The van der Waals surface area contributed by atoms with E-state index < -0.39 is 0 Å². The molecule has 0 aliphatic rings. The van der Waals surface area contributed by atoms with Crippen LogP contribution in [0.1, 0.15) is 0 Å². The van der Waals surface area contributed by atoms with Crippen LogP contribution in [0.5, 0.6) is 0 Å². The Kier molecular flexibility index (Phi) is 8.79. The second kappa shape index (κ2) is 15.6. The van der Waals surface area contributed by atoms with Crippen LogP contribution in [0, 0.1) is 0 Å². The van der Waals surface area contributed by atoms with Gasteiger partial charge in [0.15, 0.2) is 11.6 Å². The van der Waals surface area contributed by atoms with Gasteiger partial charge in [-0.1, -0.05) is 176 Å². The van der Waals surface area contributed by atoms with Crippen molar-refractivity contribution in [3.05, 3.63) is 243 Å². The maximum Gasteiger partial charge on any atom is 0.238 e. The second-order valence-corrected chi connectivity index (χ2v) is 17.6. The molecule has 4 aromatic heterocycles. The number of para-hydroxylation sites is 3. The highest BCUT2D eigenvalue weighted by atomic mass is 15.2. The van der Waals surface area contributed by atoms with Crippen LogP contribution in [0.4, 0.5) is 0 Å². The van der Waals surface area contributed by atoms with Crippen LogP contribution in [-0.4, -0.2) is 28.7 Å². The van der Waals surface area contributed by atoms with Crippen molar-refractivity contribution in [1.29, 1.82) is 0 Å². The number of hydrogen-bond acceptors (Lipinski definition) is 3. The van der Waals surface area contributed by atoms with Crippen LogP contribution >= 0.6 is 0 Å². The third-order valence-corrected chi connectivity index (χ3v) is 13.7. The molecule has 0 fully saturated rings. The van der Waals surface area contributed by atoms with Gasteiger partial charge in [-0.2, -0.15) is 9.97 Å². The number of hydrogen-bond donors (Lipinski definition) is 0. The summed E-state index contributed by atoms with van der Waals surface area (Å²) in [6.45, 7) is 0. The average Bonchev–Trinajstić information content (AvgIpc) is 4.07. The predicted octanol–water partition coefficient (Wildman–Crippen LogP) is 15.8. The Morgan fingerprint density at radius 3 is 1.28 bits per heavy atom. The van der Waals surface area contributed by atoms with Crippen LogP contribution in [0.15, 0.2) is 243 Å². The molecule has 0 saturated carbocycles. The first-order chi connectivity index (χ1) is 34.2. The van der Waals surface area contributed by atoms with Gasteiger partial charge in [-0.05, 0) is 89.0 Å². The van der Waals surface area contributed by atoms with E-state index in [-0.39, 0.29) is 0 Å². The van der Waals surface area contributed by atoms with E-state index in [1.165, 1.54) is 43.7 Å². The molecule has 0 saturated heterocycles. The summed E-state index contributed by atoms with van der Waals surface area (Å²) in [7, 11) is 0. The zero-order valence-corrected chi connectivity index (χ0v) is 37.3. The van der Waals surface area contributed by atoms with Crippen molar-refractivity contribution in [2.75, 3.05) is 0 Å². The monoisotopic (exact) mass is 880 g/mol. The molecule has 0 bridgehead atoms. The van der Waals surface area contributed by atoms with Crippen LogP contribution in [-0.2, 0) is 0 Å². The van der Waals surface area contributed by atoms with Gasteiger partial charge in [-0.25, -0.2) is 4.98 Å². The fourth-order valence-corrected chi connectivity index (χ4v) is 10.7. The van der Waals surface area contributed by atoms with E-state index in [1.807, 2.05) is 36.4 Å². The van der Waals surface area contributed by atoms with Crippen molar-refractivity contribution in [1.82, 2.24) is 28.7 Å². The first-order valence-corrected chi connectivity index (χ1v) is 23.4. The van der Waals surface area contributed by atoms with E-state index in [2.05, 4.69) is 220 Å².